The normalized spacial score (nSPS) is 18.1. The van der Waals surface area contributed by atoms with Gasteiger partial charge in [-0.1, -0.05) is 56.3 Å². The van der Waals surface area contributed by atoms with Gasteiger partial charge in [0.1, 0.15) is 11.8 Å². The lowest BCUT2D eigenvalue weighted by atomic mass is 10.0. The number of nitriles is 1. The molecule has 29 heavy (non-hydrogen) atoms. The van der Waals surface area contributed by atoms with Crippen LogP contribution in [0.25, 0.3) is 0 Å². The molecule has 152 valence electrons. The molecule has 1 amide bonds. The molecule has 2 aromatic rings. The van der Waals surface area contributed by atoms with Gasteiger partial charge in [0.25, 0.3) is 5.91 Å². The van der Waals surface area contributed by atoms with Crippen molar-refractivity contribution in [2.45, 2.75) is 45.4 Å². The van der Waals surface area contributed by atoms with Gasteiger partial charge in [0.05, 0.1) is 5.56 Å². The van der Waals surface area contributed by atoms with Crippen LogP contribution >= 0.6 is 0 Å². The van der Waals surface area contributed by atoms with Crippen LogP contribution < -0.4 is 10.1 Å². The van der Waals surface area contributed by atoms with Gasteiger partial charge in [-0.3, -0.25) is 9.69 Å². The Bertz CT molecular complexity index is 845. The predicted octanol–water partition coefficient (Wildman–Crippen LogP) is 3.74. The van der Waals surface area contributed by atoms with E-state index >= 15 is 0 Å². The Hall–Kier alpha value is -2.84. The van der Waals surface area contributed by atoms with E-state index in [4.69, 9.17) is 4.74 Å². The fraction of sp³-hybridized carbons (Fsp3) is 0.417. The van der Waals surface area contributed by atoms with Gasteiger partial charge in [-0.05, 0) is 43.0 Å². The third kappa shape index (κ3) is 5.82. The summed E-state index contributed by atoms with van der Waals surface area (Å²) in [6.45, 7) is 6.69. The van der Waals surface area contributed by atoms with Crippen molar-refractivity contribution in [3.05, 3.63) is 65.7 Å². The van der Waals surface area contributed by atoms with Crippen LogP contribution in [0.1, 0.15) is 37.8 Å². The number of benzene rings is 2. The van der Waals surface area contributed by atoms with E-state index < -0.39 is 6.10 Å². The van der Waals surface area contributed by atoms with Crippen molar-refractivity contribution in [3.63, 3.8) is 0 Å². The fourth-order valence-corrected chi connectivity index (χ4v) is 3.73. The molecule has 2 atom stereocenters. The van der Waals surface area contributed by atoms with Crippen LogP contribution in [0.2, 0.25) is 0 Å². The Morgan fingerprint density at radius 1 is 1.21 bits per heavy atom. The molecule has 1 N–H and O–H groups in total. The van der Waals surface area contributed by atoms with Crippen molar-refractivity contribution >= 4 is 5.91 Å². The largest absolute Gasteiger partial charge is 0.479 e. The zero-order valence-electron chi connectivity index (χ0n) is 17.2. The van der Waals surface area contributed by atoms with Crippen molar-refractivity contribution in [1.29, 1.82) is 5.26 Å². The van der Waals surface area contributed by atoms with Crippen LogP contribution in [0.5, 0.6) is 5.75 Å². The van der Waals surface area contributed by atoms with E-state index in [0.717, 1.165) is 32.5 Å². The number of rotatable bonds is 7. The maximum atomic E-state index is 13.0. The molecule has 0 aromatic heterocycles. The Morgan fingerprint density at radius 2 is 1.93 bits per heavy atom. The van der Waals surface area contributed by atoms with Crippen molar-refractivity contribution in [2.24, 2.45) is 5.92 Å². The number of likely N-dealkylation sites (tertiary alicyclic amines) is 1. The van der Waals surface area contributed by atoms with E-state index in [1.807, 2.05) is 26.0 Å². The maximum Gasteiger partial charge on any atom is 0.261 e. The number of piperidine rings is 1. The van der Waals surface area contributed by atoms with Crippen molar-refractivity contribution in [3.8, 4) is 11.8 Å². The van der Waals surface area contributed by atoms with Crippen LogP contribution in [0.3, 0.4) is 0 Å². The third-order valence-electron chi connectivity index (χ3n) is 5.23. The second-order valence-corrected chi connectivity index (χ2v) is 7.96. The first-order valence-electron chi connectivity index (χ1n) is 10.3. The molecule has 1 aliphatic rings. The molecule has 1 heterocycles. The number of nitrogens with zero attached hydrogens (tertiary/aromatic N) is 2. The van der Waals surface area contributed by atoms with Gasteiger partial charge in [-0.25, -0.2) is 0 Å². The van der Waals surface area contributed by atoms with Gasteiger partial charge in [-0.15, -0.1) is 0 Å². The molecule has 3 rings (SSSR count). The Morgan fingerprint density at radius 3 is 2.66 bits per heavy atom. The summed E-state index contributed by atoms with van der Waals surface area (Å²) in [6.07, 6.45) is 1.40. The summed E-state index contributed by atoms with van der Waals surface area (Å²) in [6, 6.07) is 19.7. The minimum absolute atomic E-state index is 0.00855. The van der Waals surface area contributed by atoms with Crippen LogP contribution in [0, 0.1) is 17.2 Å². The number of amides is 1. The maximum absolute atomic E-state index is 13.0. The quantitative estimate of drug-likeness (QED) is 0.781. The Kier molecular flexibility index (Phi) is 7.26. The number of hydrogen-bond donors (Lipinski definition) is 1. The average Bonchev–Trinajstić information content (AvgIpc) is 2.73. The smallest absolute Gasteiger partial charge is 0.261 e. The molecule has 0 spiro atoms. The lowest BCUT2D eigenvalue weighted by molar-refractivity contribution is -0.131. The zero-order chi connectivity index (χ0) is 20.6. The van der Waals surface area contributed by atoms with Crippen LogP contribution in [0.4, 0.5) is 0 Å². The van der Waals surface area contributed by atoms with E-state index in [1.54, 1.807) is 18.2 Å². The first kappa shape index (κ1) is 20.9. The van der Waals surface area contributed by atoms with E-state index in [-0.39, 0.29) is 17.9 Å². The SMILES string of the molecule is CC(C)C(Oc1ccccc1C#N)C(=O)NC1CCCN(Cc2ccccc2)C1. The number of ether oxygens (including phenoxy) is 1. The highest BCUT2D eigenvalue weighted by Crippen LogP contribution is 2.21. The molecule has 2 unspecified atom stereocenters. The second kappa shape index (κ2) is 10.1. The van der Waals surface area contributed by atoms with Gasteiger partial charge < -0.3 is 10.1 Å². The molecular weight excluding hydrogens is 362 g/mol. The number of para-hydroxylation sites is 1. The molecular formula is C24H29N3O2. The molecule has 5 nitrogen and oxygen atoms in total. The molecule has 0 aliphatic carbocycles. The van der Waals surface area contributed by atoms with E-state index in [1.165, 1.54) is 5.56 Å². The molecule has 2 aromatic carbocycles. The lowest BCUT2D eigenvalue weighted by Gasteiger charge is -2.34. The molecule has 0 saturated carbocycles. The molecule has 1 aliphatic heterocycles. The van der Waals surface area contributed by atoms with Crippen LogP contribution in [-0.2, 0) is 11.3 Å². The van der Waals surface area contributed by atoms with E-state index in [2.05, 4.69) is 40.6 Å². The second-order valence-electron chi connectivity index (χ2n) is 7.96. The van der Waals surface area contributed by atoms with Crippen molar-refractivity contribution in [2.75, 3.05) is 13.1 Å². The molecule has 1 fully saturated rings. The van der Waals surface area contributed by atoms with Gasteiger partial charge in [0.2, 0.25) is 0 Å². The monoisotopic (exact) mass is 391 g/mol. The van der Waals surface area contributed by atoms with Crippen molar-refractivity contribution in [1.82, 2.24) is 10.2 Å². The van der Waals surface area contributed by atoms with Crippen molar-refractivity contribution < 1.29 is 9.53 Å². The van der Waals surface area contributed by atoms with E-state index in [9.17, 15) is 10.1 Å². The Balaban J connectivity index is 1.61. The minimum atomic E-state index is -0.631. The third-order valence-corrected chi connectivity index (χ3v) is 5.23. The zero-order valence-corrected chi connectivity index (χ0v) is 17.2. The first-order chi connectivity index (χ1) is 14.1. The first-order valence-corrected chi connectivity index (χ1v) is 10.3. The minimum Gasteiger partial charge on any atom is -0.479 e. The summed E-state index contributed by atoms with van der Waals surface area (Å²) in [4.78, 5) is 15.4. The standard InChI is InChI=1S/C24H29N3O2/c1-18(2)23(29-22-13-7-6-11-20(22)15-25)24(28)26-21-12-8-14-27(17-21)16-19-9-4-3-5-10-19/h3-7,9-11,13,18,21,23H,8,12,14,16-17H2,1-2H3,(H,26,28). The topological polar surface area (TPSA) is 65.4 Å². The van der Waals surface area contributed by atoms with Gasteiger partial charge in [0.15, 0.2) is 6.10 Å². The van der Waals surface area contributed by atoms with Crippen LogP contribution in [-0.4, -0.2) is 36.0 Å². The highest BCUT2D eigenvalue weighted by molar-refractivity contribution is 5.81. The summed E-state index contributed by atoms with van der Waals surface area (Å²) < 4.78 is 5.98. The summed E-state index contributed by atoms with van der Waals surface area (Å²) in [5, 5.41) is 12.5. The average molecular weight is 392 g/mol. The Labute approximate surface area is 173 Å². The molecule has 1 saturated heterocycles. The lowest BCUT2D eigenvalue weighted by Crippen LogP contribution is -2.52. The summed E-state index contributed by atoms with van der Waals surface area (Å²) >= 11 is 0. The number of nitrogens with one attached hydrogen (secondary N) is 1. The van der Waals surface area contributed by atoms with Gasteiger partial charge in [0, 0.05) is 19.1 Å². The molecule has 5 heteroatoms. The summed E-state index contributed by atoms with van der Waals surface area (Å²) in [7, 11) is 0. The summed E-state index contributed by atoms with van der Waals surface area (Å²) in [5.74, 6) is 0.336. The van der Waals surface area contributed by atoms with Crippen LogP contribution in [0.15, 0.2) is 54.6 Å². The summed E-state index contributed by atoms with van der Waals surface area (Å²) in [5.41, 5.74) is 1.73. The number of carbonyl (C=O) groups excluding carboxylic acids is 1. The van der Waals surface area contributed by atoms with Gasteiger partial charge in [-0.2, -0.15) is 5.26 Å². The van der Waals surface area contributed by atoms with Gasteiger partial charge >= 0.3 is 0 Å². The highest BCUT2D eigenvalue weighted by atomic mass is 16.5. The fourth-order valence-electron chi connectivity index (χ4n) is 3.73. The molecule has 0 bridgehead atoms. The highest BCUT2D eigenvalue weighted by Gasteiger charge is 2.29. The predicted molar refractivity (Wildman–Crippen MR) is 113 cm³/mol. The molecule has 0 radical (unpaired) electrons. The number of hydrogen-bond acceptors (Lipinski definition) is 4. The van der Waals surface area contributed by atoms with E-state index in [0.29, 0.717) is 11.3 Å². The number of carbonyl (C=O) groups is 1.